The van der Waals surface area contributed by atoms with Gasteiger partial charge in [-0.15, -0.1) is 0 Å². The number of esters is 2. The molecule has 1 unspecified atom stereocenters. The summed E-state index contributed by atoms with van der Waals surface area (Å²) >= 11 is 0. The smallest absolute Gasteiger partial charge is 0.323 e. The Morgan fingerprint density at radius 2 is 1.32 bits per heavy atom. The number of aliphatic hydroxyl groups excluding tert-OH is 3. The van der Waals surface area contributed by atoms with E-state index in [0.717, 1.165) is 11.1 Å². The topological polar surface area (TPSA) is 175 Å². The Bertz CT molecular complexity index is 927. The molecule has 1 heterocycles. The monoisotopic (exact) mass is 474 g/mol. The van der Waals surface area contributed by atoms with E-state index in [2.05, 4.69) is 0 Å². The van der Waals surface area contributed by atoms with Gasteiger partial charge in [-0.1, -0.05) is 60.7 Å². The van der Waals surface area contributed by atoms with Gasteiger partial charge in [0.2, 0.25) is 0 Å². The molecular weight excluding hydrogens is 444 g/mol. The Balaban J connectivity index is 1.49. The van der Waals surface area contributed by atoms with Gasteiger partial charge in [-0.25, -0.2) is 0 Å². The maximum Gasteiger partial charge on any atom is 0.323 e. The van der Waals surface area contributed by atoms with Gasteiger partial charge in [0, 0.05) is 0 Å². The SMILES string of the molecule is N[C@@H](Cc1ccccc1)C(=O)OC[C@H]1OC(O)[C@H](OC(=O)[C@@H](N)Cc2ccccc2)[C@@H](O)[C@H]1O. The molecule has 0 aliphatic carbocycles. The third kappa shape index (κ3) is 6.83. The van der Waals surface area contributed by atoms with Crippen LogP contribution in [0.5, 0.6) is 0 Å². The van der Waals surface area contributed by atoms with Crippen molar-refractivity contribution in [1.82, 2.24) is 0 Å². The van der Waals surface area contributed by atoms with E-state index in [1.54, 1.807) is 24.3 Å². The largest absolute Gasteiger partial charge is 0.462 e. The number of hydrogen-bond acceptors (Lipinski definition) is 10. The number of carbonyl (C=O) groups is 2. The molecule has 10 heteroatoms. The van der Waals surface area contributed by atoms with Gasteiger partial charge in [0.1, 0.15) is 37.0 Å². The summed E-state index contributed by atoms with van der Waals surface area (Å²) < 4.78 is 15.5. The normalized spacial score (nSPS) is 26.3. The Morgan fingerprint density at radius 1 is 0.824 bits per heavy atom. The zero-order valence-electron chi connectivity index (χ0n) is 18.5. The molecule has 0 aromatic heterocycles. The zero-order valence-corrected chi connectivity index (χ0v) is 18.5. The minimum atomic E-state index is -1.77. The zero-order chi connectivity index (χ0) is 24.7. The fourth-order valence-corrected chi connectivity index (χ4v) is 3.58. The van der Waals surface area contributed by atoms with Crippen LogP contribution in [0.25, 0.3) is 0 Å². The highest BCUT2D eigenvalue weighted by Gasteiger charge is 2.47. The van der Waals surface area contributed by atoms with Crippen LogP contribution in [-0.2, 0) is 36.6 Å². The summed E-state index contributed by atoms with van der Waals surface area (Å²) in [6.45, 7) is -0.467. The summed E-state index contributed by atoms with van der Waals surface area (Å²) in [5.74, 6) is -1.61. The summed E-state index contributed by atoms with van der Waals surface area (Å²) in [7, 11) is 0. The molecule has 34 heavy (non-hydrogen) atoms. The predicted octanol–water partition coefficient (Wildman–Crippen LogP) is -0.980. The second-order valence-corrected chi connectivity index (χ2v) is 8.17. The van der Waals surface area contributed by atoms with Crippen molar-refractivity contribution in [3.63, 3.8) is 0 Å². The lowest BCUT2D eigenvalue weighted by Gasteiger charge is -2.40. The quantitative estimate of drug-likeness (QED) is 0.284. The lowest BCUT2D eigenvalue weighted by Crippen LogP contribution is -2.60. The van der Waals surface area contributed by atoms with Crippen LogP contribution < -0.4 is 11.5 Å². The van der Waals surface area contributed by atoms with Gasteiger partial charge in [0.25, 0.3) is 0 Å². The minimum Gasteiger partial charge on any atom is -0.462 e. The van der Waals surface area contributed by atoms with Crippen molar-refractivity contribution in [1.29, 1.82) is 0 Å². The first-order valence-electron chi connectivity index (χ1n) is 10.9. The number of hydrogen-bond donors (Lipinski definition) is 5. The van der Waals surface area contributed by atoms with E-state index in [1.165, 1.54) is 0 Å². The van der Waals surface area contributed by atoms with Crippen molar-refractivity contribution in [2.45, 2.75) is 55.6 Å². The van der Waals surface area contributed by atoms with Gasteiger partial charge in [-0.3, -0.25) is 9.59 Å². The number of rotatable bonds is 9. The van der Waals surface area contributed by atoms with Gasteiger partial charge in [0.15, 0.2) is 12.4 Å². The van der Waals surface area contributed by atoms with Crippen LogP contribution in [-0.4, -0.2) is 76.7 Å². The summed E-state index contributed by atoms with van der Waals surface area (Å²) in [4.78, 5) is 24.5. The number of benzene rings is 2. The van der Waals surface area contributed by atoms with E-state index in [-0.39, 0.29) is 12.8 Å². The van der Waals surface area contributed by atoms with Crippen LogP contribution in [0.1, 0.15) is 11.1 Å². The van der Waals surface area contributed by atoms with Gasteiger partial charge in [-0.05, 0) is 24.0 Å². The molecule has 1 fully saturated rings. The average Bonchev–Trinajstić information content (AvgIpc) is 2.84. The molecule has 0 amide bonds. The molecule has 3 rings (SSSR count). The van der Waals surface area contributed by atoms with Crippen molar-refractivity contribution in [3.05, 3.63) is 71.8 Å². The lowest BCUT2D eigenvalue weighted by molar-refractivity contribution is -0.291. The first kappa shape index (κ1) is 25.8. The van der Waals surface area contributed by atoms with Gasteiger partial charge < -0.3 is 41.0 Å². The summed E-state index contributed by atoms with van der Waals surface area (Å²) in [6, 6.07) is 16.1. The molecule has 7 N–H and O–H groups in total. The fourth-order valence-electron chi connectivity index (χ4n) is 3.58. The van der Waals surface area contributed by atoms with Crippen LogP contribution in [0.3, 0.4) is 0 Å². The van der Waals surface area contributed by atoms with E-state index < -0.39 is 61.3 Å². The van der Waals surface area contributed by atoms with Gasteiger partial charge >= 0.3 is 11.9 Å². The molecule has 7 atom stereocenters. The molecular formula is C24H30N2O8. The molecule has 1 saturated heterocycles. The highest BCUT2D eigenvalue weighted by atomic mass is 16.7. The fraction of sp³-hybridized carbons (Fsp3) is 0.417. The minimum absolute atomic E-state index is 0.184. The first-order valence-corrected chi connectivity index (χ1v) is 10.9. The molecule has 184 valence electrons. The van der Waals surface area contributed by atoms with Crippen LogP contribution >= 0.6 is 0 Å². The van der Waals surface area contributed by atoms with Crippen LogP contribution in [0.4, 0.5) is 0 Å². The molecule has 0 radical (unpaired) electrons. The second-order valence-electron chi connectivity index (χ2n) is 8.17. The van der Waals surface area contributed by atoms with Gasteiger partial charge in [-0.2, -0.15) is 0 Å². The number of aliphatic hydroxyl groups is 3. The predicted molar refractivity (Wildman–Crippen MR) is 120 cm³/mol. The van der Waals surface area contributed by atoms with Crippen molar-refractivity contribution in [2.24, 2.45) is 11.5 Å². The molecule has 0 spiro atoms. The standard InChI is InChI=1S/C24H30N2O8/c25-16(11-14-7-3-1-4-8-14)22(29)32-13-18-19(27)20(28)21(24(31)33-18)34-23(30)17(26)12-15-9-5-2-6-10-15/h1-10,16-21,24,27-28,31H,11-13,25-26H2/t16-,17-,18+,19-,20-,21+,24?/m0/s1. The molecule has 2 aromatic rings. The van der Waals surface area contributed by atoms with E-state index in [4.69, 9.17) is 25.7 Å². The molecule has 2 aromatic carbocycles. The summed E-state index contributed by atoms with van der Waals surface area (Å²) in [6.07, 6.45) is -7.47. The Labute approximate surface area is 197 Å². The number of carbonyl (C=O) groups excluding carboxylic acids is 2. The molecule has 0 bridgehead atoms. The molecule has 0 saturated carbocycles. The van der Waals surface area contributed by atoms with E-state index in [1.807, 2.05) is 36.4 Å². The highest BCUT2D eigenvalue weighted by Crippen LogP contribution is 2.23. The first-order chi connectivity index (χ1) is 16.3. The highest BCUT2D eigenvalue weighted by molar-refractivity contribution is 5.76. The van der Waals surface area contributed by atoms with Crippen LogP contribution in [0.2, 0.25) is 0 Å². The lowest BCUT2D eigenvalue weighted by atomic mass is 9.99. The van der Waals surface area contributed by atoms with E-state index in [9.17, 15) is 24.9 Å². The van der Waals surface area contributed by atoms with E-state index >= 15 is 0 Å². The Kier molecular flexibility index (Phi) is 9.11. The molecule has 1 aliphatic rings. The average molecular weight is 475 g/mol. The summed E-state index contributed by atoms with van der Waals surface area (Å²) in [5.41, 5.74) is 13.4. The molecule has 1 aliphatic heterocycles. The third-order valence-electron chi connectivity index (χ3n) is 5.51. The number of nitrogens with two attached hydrogens (primary N) is 2. The maximum absolute atomic E-state index is 12.3. The molecule has 10 nitrogen and oxygen atoms in total. The third-order valence-corrected chi connectivity index (χ3v) is 5.51. The maximum atomic E-state index is 12.3. The van der Waals surface area contributed by atoms with Crippen LogP contribution in [0.15, 0.2) is 60.7 Å². The summed E-state index contributed by atoms with van der Waals surface area (Å²) in [5, 5.41) is 31.0. The van der Waals surface area contributed by atoms with Crippen molar-refractivity contribution >= 4 is 11.9 Å². The van der Waals surface area contributed by atoms with Crippen molar-refractivity contribution in [3.8, 4) is 0 Å². The van der Waals surface area contributed by atoms with Gasteiger partial charge in [0.05, 0.1) is 0 Å². The van der Waals surface area contributed by atoms with Crippen molar-refractivity contribution < 1.29 is 39.1 Å². The second kappa shape index (κ2) is 12.0. The number of ether oxygens (including phenoxy) is 3. The van der Waals surface area contributed by atoms with Crippen LogP contribution in [0, 0.1) is 0 Å². The van der Waals surface area contributed by atoms with Crippen molar-refractivity contribution in [2.75, 3.05) is 6.61 Å². The Morgan fingerprint density at radius 3 is 1.85 bits per heavy atom. The Hall–Kier alpha value is -2.86. The van der Waals surface area contributed by atoms with E-state index in [0.29, 0.717) is 0 Å².